The van der Waals surface area contributed by atoms with E-state index < -0.39 is 0 Å². The van der Waals surface area contributed by atoms with E-state index in [2.05, 4.69) is 6.92 Å². The van der Waals surface area contributed by atoms with E-state index in [1.807, 2.05) is 0 Å². The van der Waals surface area contributed by atoms with Crippen LogP contribution in [0, 0.1) is 5.92 Å². The Bertz CT molecular complexity index is 217. The average molecular weight is 262 g/mol. The van der Waals surface area contributed by atoms with Crippen LogP contribution in [0.1, 0.15) is 45.4 Å². The molecule has 4 heteroatoms. The van der Waals surface area contributed by atoms with E-state index in [0.717, 1.165) is 24.3 Å². The van der Waals surface area contributed by atoms with Crippen molar-refractivity contribution in [2.75, 3.05) is 14.2 Å². The number of thiocarbonyl (C=S) groups is 2. The predicted octanol–water partition coefficient (Wildman–Crippen LogP) is 3.91. The molecule has 16 heavy (non-hydrogen) atoms. The second-order valence-corrected chi connectivity index (χ2v) is 4.81. The zero-order valence-electron chi connectivity index (χ0n) is 10.5. The Hall–Kier alpha value is -0.220. The van der Waals surface area contributed by atoms with Crippen molar-refractivity contribution in [3.63, 3.8) is 0 Å². The second-order valence-electron chi connectivity index (χ2n) is 3.95. The van der Waals surface area contributed by atoms with Crippen molar-refractivity contribution in [1.29, 1.82) is 0 Å². The Balaban J connectivity index is 3.33. The Labute approximate surface area is 110 Å². The van der Waals surface area contributed by atoms with Crippen LogP contribution in [0.25, 0.3) is 0 Å². The van der Waals surface area contributed by atoms with Crippen molar-refractivity contribution in [2.24, 2.45) is 5.92 Å². The largest absolute Gasteiger partial charge is 0.490 e. The average Bonchev–Trinajstić information content (AvgIpc) is 2.31. The number of hydrogen-bond acceptors (Lipinski definition) is 4. The molecular weight excluding hydrogens is 240 g/mol. The van der Waals surface area contributed by atoms with Crippen LogP contribution in [0.15, 0.2) is 0 Å². The van der Waals surface area contributed by atoms with E-state index >= 15 is 0 Å². The first-order chi connectivity index (χ1) is 7.61. The minimum atomic E-state index is 0.389. The van der Waals surface area contributed by atoms with Crippen molar-refractivity contribution < 1.29 is 9.47 Å². The third kappa shape index (κ3) is 7.99. The molecule has 0 radical (unpaired) electrons. The highest BCUT2D eigenvalue weighted by molar-refractivity contribution is 7.80. The van der Waals surface area contributed by atoms with Crippen molar-refractivity contribution >= 4 is 34.5 Å². The molecule has 0 bridgehead atoms. The summed E-state index contributed by atoms with van der Waals surface area (Å²) in [6.45, 7) is 2.12. The molecular formula is C12H22O2S2. The van der Waals surface area contributed by atoms with Crippen LogP contribution in [0.3, 0.4) is 0 Å². The minimum Gasteiger partial charge on any atom is -0.490 e. The molecule has 2 nitrogen and oxygen atoms in total. The van der Waals surface area contributed by atoms with Crippen molar-refractivity contribution in [1.82, 2.24) is 0 Å². The topological polar surface area (TPSA) is 18.5 Å². The Kier molecular flexibility index (Phi) is 9.83. The molecule has 0 saturated heterocycles. The molecule has 1 atom stereocenters. The van der Waals surface area contributed by atoms with Gasteiger partial charge in [-0.2, -0.15) is 0 Å². The summed E-state index contributed by atoms with van der Waals surface area (Å²) in [6.07, 6.45) is 6.76. The van der Waals surface area contributed by atoms with Gasteiger partial charge in [0, 0.05) is 12.3 Å². The highest BCUT2D eigenvalue weighted by Crippen LogP contribution is 2.13. The molecule has 0 rings (SSSR count). The zero-order valence-corrected chi connectivity index (χ0v) is 12.1. The van der Waals surface area contributed by atoms with Crippen LogP contribution in [0.4, 0.5) is 0 Å². The van der Waals surface area contributed by atoms with Gasteiger partial charge in [0.15, 0.2) is 10.1 Å². The molecule has 0 spiro atoms. The summed E-state index contributed by atoms with van der Waals surface area (Å²) in [6, 6.07) is 0. The van der Waals surface area contributed by atoms with E-state index in [0.29, 0.717) is 11.0 Å². The van der Waals surface area contributed by atoms with Gasteiger partial charge in [-0.25, -0.2) is 0 Å². The van der Waals surface area contributed by atoms with E-state index in [1.165, 1.54) is 19.3 Å². The number of ether oxygens (including phenoxy) is 2. The summed E-state index contributed by atoms with van der Waals surface area (Å²) in [5.41, 5.74) is 0. The van der Waals surface area contributed by atoms with Crippen LogP contribution < -0.4 is 0 Å². The standard InChI is InChI=1S/C12H22O2S2/c1-10(12(16)14-3)8-6-4-5-7-9-11(15)13-2/h10H,4-9H2,1-3H3. The molecule has 0 aliphatic rings. The van der Waals surface area contributed by atoms with E-state index in [1.54, 1.807) is 14.2 Å². The third-order valence-electron chi connectivity index (χ3n) is 2.60. The highest BCUT2D eigenvalue weighted by Gasteiger charge is 2.07. The van der Waals surface area contributed by atoms with Gasteiger partial charge >= 0.3 is 0 Å². The Morgan fingerprint density at radius 2 is 1.62 bits per heavy atom. The van der Waals surface area contributed by atoms with Gasteiger partial charge in [-0.1, -0.05) is 26.2 Å². The van der Waals surface area contributed by atoms with Crippen LogP contribution in [-0.2, 0) is 9.47 Å². The summed E-state index contributed by atoms with van der Waals surface area (Å²) in [5, 5.41) is 1.44. The molecule has 0 amide bonds. The SMILES string of the molecule is COC(=S)CCCCCCC(C)C(=S)OC. The van der Waals surface area contributed by atoms with Crippen molar-refractivity contribution in [2.45, 2.75) is 45.4 Å². The fourth-order valence-corrected chi connectivity index (χ4v) is 1.76. The summed E-state index contributed by atoms with van der Waals surface area (Å²) in [5.74, 6) is 0.389. The van der Waals surface area contributed by atoms with E-state index in [9.17, 15) is 0 Å². The molecule has 1 unspecified atom stereocenters. The fraction of sp³-hybridized carbons (Fsp3) is 0.833. The van der Waals surface area contributed by atoms with E-state index in [4.69, 9.17) is 33.9 Å². The van der Waals surface area contributed by atoms with Gasteiger partial charge < -0.3 is 9.47 Å². The maximum absolute atomic E-state index is 5.07. The summed E-state index contributed by atoms with van der Waals surface area (Å²) < 4.78 is 9.97. The number of unbranched alkanes of at least 4 members (excludes halogenated alkanes) is 3. The lowest BCUT2D eigenvalue weighted by atomic mass is 10.0. The summed E-state index contributed by atoms with van der Waals surface area (Å²) in [4.78, 5) is 0. The number of methoxy groups -OCH3 is 2. The van der Waals surface area contributed by atoms with Gasteiger partial charge in [-0.15, -0.1) is 0 Å². The quantitative estimate of drug-likeness (QED) is 0.487. The lowest BCUT2D eigenvalue weighted by molar-refractivity contribution is 0.374. The normalized spacial score (nSPS) is 11.9. The summed E-state index contributed by atoms with van der Waals surface area (Å²) >= 11 is 10.0. The molecule has 0 heterocycles. The third-order valence-corrected chi connectivity index (χ3v) is 3.54. The fourth-order valence-electron chi connectivity index (χ4n) is 1.49. The smallest absolute Gasteiger partial charge is 0.162 e. The maximum atomic E-state index is 5.07. The zero-order chi connectivity index (χ0) is 12.4. The van der Waals surface area contributed by atoms with Gasteiger partial charge in [0.05, 0.1) is 14.2 Å². The second kappa shape index (κ2) is 9.97. The van der Waals surface area contributed by atoms with Crippen molar-refractivity contribution in [3.8, 4) is 0 Å². The Morgan fingerprint density at radius 3 is 2.19 bits per heavy atom. The molecule has 0 N–H and O–H groups in total. The van der Waals surface area contributed by atoms with Gasteiger partial charge in [-0.05, 0) is 37.3 Å². The number of hydrogen-bond donors (Lipinski definition) is 0. The maximum Gasteiger partial charge on any atom is 0.162 e. The molecule has 0 fully saturated rings. The lowest BCUT2D eigenvalue weighted by Gasteiger charge is -2.11. The van der Waals surface area contributed by atoms with Gasteiger partial charge in [0.25, 0.3) is 0 Å². The summed E-state index contributed by atoms with van der Waals surface area (Å²) in [7, 11) is 3.28. The Morgan fingerprint density at radius 1 is 1.00 bits per heavy atom. The first kappa shape index (κ1) is 15.8. The van der Waals surface area contributed by atoms with Crippen molar-refractivity contribution in [3.05, 3.63) is 0 Å². The molecule has 0 aromatic heterocycles. The van der Waals surface area contributed by atoms with Crippen LogP contribution in [-0.4, -0.2) is 24.3 Å². The first-order valence-corrected chi connectivity index (χ1v) is 6.58. The van der Waals surface area contributed by atoms with Gasteiger partial charge in [-0.3, -0.25) is 0 Å². The molecule has 0 aromatic carbocycles. The lowest BCUT2D eigenvalue weighted by Crippen LogP contribution is -2.10. The highest BCUT2D eigenvalue weighted by atomic mass is 32.1. The molecule has 94 valence electrons. The monoisotopic (exact) mass is 262 g/mol. The first-order valence-electron chi connectivity index (χ1n) is 5.76. The molecule has 0 saturated carbocycles. The van der Waals surface area contributed by atoms with E-state index in [-0.39, 0.29) is 0 Å². The van der Waals surface area contributed by atoms with Gasteiger partial charge in [0.2, 0.25) is 0 Å². The molecule has 0 aliphatic carbocycles. The molecule has 0 aromatic rings. The number of rotatable bonds is 8. The van der Waals surface area contributed by atoms with Gasteiger partial charge in [0.1, 0.15) is 0 Å². The van der Waals surface area contributed by atoms with Crippen LogP contribution in [0.5, 0.6) is 0 Å². The predicted molar refractivity (Wildman–Crippen MR) is 76.1 cm³/mol. The van der Waals surface area contributed by atoms with Crippen LogP contribution in [0.2, 0.25) is 0 Å². The molecule has 0 aliphatic heterocycles. The minimum absolute atomic E-state index is 0.389. The van der Waals surface area contributed by atoms with Crippen LogP contribution >= 0.6 is 24.4 Å².